The molecule has 1 amide bonds. The molecular formula is C16H21NO4. The van der Waals surface area contributed by atoms with E-state index in [4.69, 9.17) is 4.74 Å². The normalized spacial score (nSPS) is 21.3. The maximum atomic E-state index is 12.1. The Morgan fingerprint density at radius 2 is 1.95 bits per heavy atom. The third-order valence-electron chi connectivity index (χ3n) is 3.76. The van der Waals surface area contributed by atoms with Gasteiger partial charge in [-0.05, 0) is 37.0 Å². The second kappa shape index (κ2) is 6.61. The van der Waals surface area contributed by atoms with Crippen molar-refractivity contribution in [3.63, 3.8) is 0 Å². The van der Waals surface area contributed by atoms with Gasteiger partial charge in [0.1, 0.15) is 5.75 Å². The number of rotatable bonds is 6. The minimum atomic E-state index is -0.315. The summed E-state index contributed by atoms with van der Waals surface area (Å²) >= 11 is 0. The van der Waals surface area contributed by atoms with Crippen LogP contribution in [0.3, 0.4) is 0 Å². The molecule has 1 N–H and O–H groups in total. The van der Waals surface area contributed by atoms with Crippen molar-refractivity contribution in [2.24, 2.45) is 5.92 Å². The van der Waals surface area contributed by atoms with Crippen LogP contribution >= 0.6 is 0 Å². The molecular weight excluding hydrogens is 270 g/mol. The lowest BCUT2D eigenvalue weighted by atomic mass is 10.1. The molecule has 5 nitrogen and oxygen atoms in total. The lowest BCUT2D eigenvalue weighted by Crippen LogP contribution is -2.35. The molecule has 5 heteroatoms. The van der Waals surface area contributed by atoms with Crippen molar-refractivity contribution in [2.45, 2.75) is 31.7 Å². The van der Waals surface area contributed by atoms with Crippen molar-refractivity contribution in [1.82, 2.24) is 5.32 Å². The van der Waals surface area contributed by atoms with E-state index < -0.39 is 0 Å². The third kappa shape index (κ3) is 3.97. The van der Waals surface area contributed by atoms with E-state index in [0.29, 0.717) is 0 Å². The van der Waals surface area contributed by atoms with Crippen LogP contribution in [-0.2, 0) is 14.3 Å². The summed E-state index contributed by atoms with van der Waals surface area (Å²) in [5.74, 6) is 0.768. The SMILES string of the molecule is COC(=O)CC(C)NC(=O)C1CC1c1ccc(OC)cc1. The van der Waals surface area contributed by atoms with E-state index in [1.54, 1.807) is 14.0 Å². The van der Waals surface area contributed by atoms with Crippen LogP contribution in [0, 0.1) is 5.92 Å². The molecule has 114 valence electrons. The number of methoxy groups -OCH3 is 2. The summed E-state index contributed by atoms with van der Waals surface area (Å²) in [6.45, 7) is 1.81. The van der Waals surface area contributed by atoms with E-state index in [-0.39, 0.29) is 36.2 Å². The number of hydrogen-bond donors (Lipinski definition) is 1. The van der Waals surface area contributed by atoms with Gasteiger partial charge in [-0.25, -0.2) is 0 Å². The van der Waals surface area contributed by atoms with E-state index >= 15 is 0 Å². The largest absolute Gasteiger partial charge is 0.497 e. The predicted molar refractivity (Wildman–Crippen MR) is 78.1 cm³/mol. The standard InChI is InChI=1S/C16H21NO4/c1-10(8-15(18)21-3)17-16(19)14-9-13(14)11-4-6-12(20-2)7-5-11/h4-7,10,13-14H,8-9H2,1-3H3,(H,17,19). The third-order valence-corrected chi connectivity index (χ3v) is 3.76. The molecule has 1 saturated carbocycles. The van der Waals surface area contributed by atoms with Crippen LogP contribution < -0.4 is 10.1 Å². The molecule has 0 radical (unpaired) electrons. The van der Waals surface area contributed by atoms with Crippen LogP contribution in [0.25, 0.3) is 0 Å². The van der Waals surface area contributed by atoms with Crippen molar-refractivity contribution in [3.8, 4) is 5.75 Å². The Labute approximate surface area is 124 Å². The number of carbonyl (C=O) groups is 2. The van der Waals surface area contributed by atoms with Crippen LogP contribution in [0.1, 0.15) is 31.2 Å². The van der Waals surface area contributed by atoms with Gasteiger partial charge in [0.2, 0.25) is 5.91 Å². The quantitative estimate of drug-likeness (QED) is 0.813. The van der Waals surface area contributed by atoms with Crippen molar-refractivity contribution < 1.29 is 19.1 Å². The first-order chi connectivity index (χ1) is 10.0. The van der Waals surface area contributed by atoms with Crippen molar-refractivity contribution in [2.75, 3.05) is 14.2 Å². The fourth-order valence-electron chi connectivity index (χ4n) is 2.44. The van der Waals surface area contributed by atoms with Gasteiger partial charge in [0, 0.05) is 12.0 Å². The summed E-state index contributed by atoms with van der Waals surface area (Å²) in [6.07, 6.45) is 1.05. The molecule has 1 aliphatic carbocycles. The van der Waals surface area contributed by atoms with Gasteiger partial charge in [0.15, 0.2) is 0 Å². The first kappa shape index (κ1) is 15.4. The van der Waals surface area contributed by atoms with Crippen LogP contribution in [0.5, 0.6) is 5.75 Å². The van der Waals surface area contributed by atoms with E-state index in [0.717, 1.165) is 17.7 Å². The van der Waals surface area contributed by atoms with Crippen molar-refractivity contribution in [1.29, 1.82) is 0 Å². The number of nitrogens with one attached hydrogen (secondary N) is 1. The van der Waals surface area contributed by atoms with Crippen LogP contribution in [0.2, 0.25) is 0 Å². The van der Waals surface area contributed by atoms with Gasteiger partial charge in [-0.1, -0.05) is 12.1 Å². The highest BCUT2D eigenvalue weighted by Crippen LogP contribution is 2.47. The number of amides is 1. The highest BCUT2D eigenvalue weighted by molar-refractivity contribution is 5.83. The number of hydrogen-bond acceptors (Lipinski definition) is 4. The van der Waals surface area contributed by atoms with Crippen molar-refractivity contribution >= 4 is 11.9 Å². The lowest BCUT2D eigenvalue weighted by molar-refractivity contribution is -0.141. The van der Waals surface area contributed by atoms with Gasteiger partial charge in [0.05, 0.1) is 20.6 Å². The van der Waals surface area contributed by atoms with E-state index in [2.05, 4.69) is 10.1 Å². The van der Waals surface area contributed by atoms with Crippen molar-refractivity contribution in [3.05, 3.63) is 29.8 Å². The second-order valence-electron chi connectivity index (χ2n) is 5.41. The summed E-state index contributed by atoms with van der Waals surface area (Å²) in [6, 6.07) is 7.59. The van der Waals surface area contributed by atoms with Gasteiger partial charge in [-0.2, -0.15) is 0 Å². The molecule has 3 unspecified atom stereocenters. The Hall–Kier alpha value is -2.04. The minimum Gasteiger partial charge on any atom is -0.497 e. The summed E-state index contributed by atoms with van der Waals surface area (Å²) in [5, 5.41) is 2.86. The average molecular weight is 291 g/mol. The smallest absolute Gasteiger partial charge is 0.307 e. The van der Waals surface area contributed by atoms with Gasteiger partial charge in [-0.15, -0.1) is 0 Å². The Balaban J connectivity index is 1.84. The fraction of sp³-hybridized carbons (Fsp3) is 0.500. The fourth-order valence-corrected chi connectivity index (χ4v) is 2.44. The molecule has 1 aromatic carbocycles. The summed E-state index contributed by atoms with van der Waals surface area (Å²) in [4.78, 5) is 23.3. The zero-order valence-electron chi connectivity index (χ0n) is 12.6. The second-order valence-corrected chi connectivity index (χ2v) is 5.41. The molecule has 0 saturated heterocycles. The summed E-state index contributed by atoms with van der Waals surface area (Å²) in [5.41, 5.74) is 1.15. The Morgan fingerprint density at radius 3 is 2.52 bits per heavy atom. The molecule has 0 heterocycles. The molecule has 0 aliphatic heterocycles. The van der Waals surface area contributed by atoms with E-state index in [9.17, 15) is 9.59 Å². The zero-order chi connectivity index (χ0) is 15.4. The Kier molecular flexibility index (Phi) is 4.83. The van der Waals surface area contributed by atoms with E-state index in [1.165, 1.54) is 7.11 Å². The van der Waals surface area contributed by atoms with Crippen LogP contribution in [0.4, 0.5) is 0 Å². The summed E-state index contributed by atoms with van der Waals surface area (Å²) < 4.78 is 9.71. The van der Waals surface area contributed by atoms with Gasteiger partial charge in [-0.3, -0.25) is 9.59 Å². The first-order valence-corrected chi connectivity index (χ1v) is 7.06. The van der Waals surface area contributed by atoms with Gasteiger partial charge in [0.25, 0.3) is 0 Å². The number of esters is 1. The minimum absolute atomic E-state index is 0.00140. The van der Waals surface area contributed by atoms with Gasteiger partial charge >= 0.3 is 5.97 Å². The molecule has 2 rings (SSSR count). The molecule has 1 aliphatic rings. The van der Waals surface area contributed by atoms with Crippen LogP contribution in [0.15, 0.2) is 24.3 Å². The maximum absolute atomic E-state index is 12.1. The number of ether oxygens (including phenoxy) is 2. The Bertz CT molecular complexity index is 512. The average Bonchev–Trinajstić information content (AvgIpc) is 3.27. The molecule has 1 aromatic rings. The molecule has 21 heavy (non-hydrogen) atoms. The highest BCUT2D eigenvalue weighted by atomic mass is 16.5. The number of benzene rings is 1. The number of carbonyl (C=O) groups excluding carboxylic acids is 2. The van der Waals surface area contributed by atoms with Crippen LogP contribution in [-0.4, -0.2) is 32.1 Å². The topological polar surface area (TPSA) is 64.6 Å². The van der Waals surface area contributed by atoms with Gasteiger partial charge < -0.3 is 14.8 Å². The molecule has 0 bridgehead atoms. The molecule has 1 fully saturated rings. The molecule has 0 aromatic heterocycles. The maximum Gasteiger partial charge on any atom is 0.307 e. The first-order valence-electron chi connectivity index (χ1n) is 7.06. The van der Waals surface area contributed by atoms with E-state index in [1.807, 2.05) is 24.3 Å². The predicted octanol–water partition coefficient (Wildman–Crippen LogP) is 1.87. The molecule has 3 atom stereocenters. The monoisotopic (exact) mass is 291 g/mol. The molecule has 0 spiro atoms. The summed E-state index contributed by atoms with van der Waals surface area (Å²) in [7, 11) is 2.97. The lowest BCUT2D eigenvalue weighted by Gasteiger charge is -2.12. The highest BCUT2D eigenvalue weighted by Gasteiger charge is 2.44. The Morgan fingerprint density at radius 1 is 1.29 bits per heavy atom. The zero-order valence-corrected chi connectivity index (χ0v) is 12.6.